The summed E-state index contributed by atoms with van der Waals surface area (Å²) >= 11 is 0. The summed E-state index contributed by atoms with van der Waals surface area (Å²) in [6, 6.07) is 11.8. The summed E-state index contributed by atoms with van der Waals surface area (Å²) < 4.78 is 0. The van der Waals surface area contributed by atoms with Crippen molar-refractivity contribution >= 4 is 5.96 Å². The first kappa shape index (κ1) is 20.2. The van der Waals surface area contributed by atoms with Crippen LogP contribution in [0.4, 0.5) is 0 Å². The van der Waals surface area contributed by atoms with E-state index in [0.717, 1.165) is 31.5 Å². The van der Waals surface area contributed by atoms with E-state index in [2.05, 4.69) is 69.6 Å². The number of hydrogen-bond acceptors (Lipinski definition) is 3. The van der Waals surface area contributed by atoms with Crippen molar-refractivity contribution < 1.29 is 0 Å². The Bertz CT molecular complexity index is 588. The fourth-order valence-corrected chi connectivity index (χ4v) is 4.47. The van der Waals surface area contributed by atoms with Gasteiger partial charge in [-0.2, -0.15) is 0 Å². The van der Waals surface area contributed by atoms with Gasteiger partial charge in [-0.1, -0.05) is 37.3 Å². The number of nitrogens with zero attached hydrogens (tertiary/aromatic N) is 3. The van der Waals surface area contributed by atoms with Crippen molar-refractivity contribution in [1.82, 2.24) is 20.4 Å². The predicted molar refractivity (Wildman–Crippen MR) is 114 cm³/mol. The van der Waals surface area contributed by atoms with Crippen molar-refractivity contribution in [3.05, 3.63) is 35.9 Å². The van der Waals surface area contributed by atoms with E-state index in [9.17, 15) is 0 Å². The lowest BCUT2D eigenvalue weighted by molar-refractivity contribution is 0.258. The molecular formula is C22H37N5. The van der Waals surface area contributed by atoms with Gasteiger partial charge in [0.05, 0.1) is 0 Å². The lowest BCUT2D eigenvalue weighted by Gasteiger charge is -2.21. The van der Waals surface area contributed by atoms with Gasteiger partial charge in [-0.3, -0.25) is 9.89 Å². The standard InChI is InChI=1S/C22H37N5/c1-4-11-26-12-10-20(15-26)14-24-22(23-3)25-21-13-18(2)27(17-21)16-19-8-6-5-7-9-19/h5-9,18,20-21H,4,10-17H2,1-3H3,(H2,23,24,25). The third kappa shape index (κ3) is 5.94. The number of hydrogen-bond donors (Lipinski definition) is 2. The zero-order chi connectivity index (χ0) is 19.1. The van der Waals surface area contributed by atoms with Crippen LogP contribution in [0, 0.1) is 5.92 Å². The topological polar surface area (TPSA) is 42.9 Å². The molecule has 3 rings (SSSR count). The number of aliphatic imine (C=N–C) groups is 1. The van der Waals surface area contributed by atoms with Crippen LogP contribution in [-0.2, 0) is 6.54 Å². The molecule has 0 bridgehead atoms. The van der Waals surface area contributed by atoms with E-state index in [-0.39, 0.29) is 0 Å². The van der Waals surface area contributed by atoms with Crippen LogP contribution in [0.1, 0.15) is 38.7 Å². The highest BCUT2D eigenvalue weighted by atomic mass is 15.3. The molecule has 2 saturated heterocycles. The van der Waals surface area contributed by atoms with Gasteiger partial charge in [0.2, 0.25) is 0 Å². The summed E-state index contributed by atoms with van der Waals surface area (Å²) in [4.78, 5) is 9.62. The summed E-state index contributed by atoms with van der Waals surface area (Å²) in [6.07, 6.45) is 3.72. The normalized spacial score (nSPS) is 27.2. The molecule has 5 nitrogen and oxygen atoms in total. The highest BCUT2D eigenvalue weighted by molar-refractivity contribution is 5.80. The monoisotopic (exact) mass is 371 g/mol. The van der Waals surface area contributed by atoms with Gasteiger partial charge in [-0.25, -0.2) is 0 Å². The molecule has 1 aromatic rings. The molecule has 5 heteroatoms. The molecule has 0 saturated carbocycles. The SMILES string of the molecule is CCCN1CCC(CNC(=NC)NC2CC(C)N(Cc3ccccc3)C2)C1. The quantitative estimate of drug-likeness (QED) is 0.571. The third-order valence-electron chi connectivity index (χ3n) is 5.96. The van der Waals surface area contributed by atoms with E-state index >= 15 is 0 Å². The van der Waals surface area contributed by atoms with Gasteiger partial charge in [0, 0.05) is 45.3 Å². The van der Waals surface area contributed by atoms with Crippen molar-refractivity contribution in [3.8, 4) is 0 Å². The maximum absolute atomic E-state index is 4.46. The molecule has 3 atom stereocenters. The largest absolute Gasteiger partial charge is 0.356 e. The maximum atomic E-state index is 4.46. The molecule has 0 aliphatic carbocycles. The summed E-state index contributed by atoms with van der Waals surface area (Å²) in [7, 11) is 1.88. The number of benzene rings is 1. The Labute approximate surface area is 165 Å². The van der Waals surface area contributed by atoms with Gasteiger partial charge < -0.3 is 15.5 Å². The number of likely N-dealkylation sites (tertiary alicyclic amines) is 2. The Morgan fingerprint density at radius 1 is 1.22 bits per heavy atom. The molecule has 150 valence electrons. The Hall–Kier alpha value is -1.59. The van der Waals surface area contributed by atoms with Crippen LogP contribution in [0.15, 0.2) is 35.3 Å². The van der Waals surface area contributed by atoms with Gasteiger partial charge in [-0.15, -0.1) is 0 Å². The second-order valence-corrected chi connectivity index (χ2v) is 8.25. The van der Waals surface area contributed by atoms with Crippen LogP contribution < -0.4 is 10.6 Å². The molecule has 0 aromatic heterocycles. The van der Waals surface area contributed by atoms with E-state index < -0.39 is 0 Å². The van der Waals surface area contributed by atoms with Crippen molar-refractivity contribution in [2.75, 3.05) is 39.8 Å². The average molecular weight is 372 g/mol. The summed E-state index contributed by atoms with van der Waals surface area (Å²) in [5.41, 5.74) is 1.39. The molecule has 2 aliphatic heterocycles. The Balaban J connectivity index is 1.42. The first-order valence-corrected chi connectivity index (χ1v) is 10.7. The Morgan fingerprint density at radius 2 is 2.04 bits per heavy atom. The smallest absolute Gasteiger partial charge is 0.191 e. The van der Waals surface area contributed by atoms with Gasteiger partial charge in [0.15, 0.2) is 5.96 Å². The molecule has 0 amide bonds. The zero-order valence-corrected chi connectivity index (χ0v) is 17.3. The van der Waals surface area contributed by atoms with E-state index in [1.807, 2.05) is 7.05 Å². The molecule has 2 fully saturated rings. The van der Waals surface area contributed by atoms with Gasteiger partial charge in [0.25, 0.3) is 0 Å². The molecule has 2 heterocycles. The van der Waals surface area contributed by atoms with E-state index in [1.165, 1.54) is 44.5 Å². The van der Waals surface area contributed by atoms with Gasteiger partial charge in [-0.05, 0) is 50.8 Å². The van der Waals surface area contributed by atoms with E-state index in [1.54, 1.807) is 0 Å². The highest BCUT2D eigenvalue weighted by Crippen LogP contribution is 2.20. The van der Waals surface area contributed by atoms with Crippen LogP contribution in [0.5, 0.6) is 0 Å². The summed E-state index contributed by atoms with van der Waals surface area (Å²) in [5, 5.41) is 7.23. The first-order valence-electron chi connectivity index (χ1n) is 10.7. The van der Waals surface area contributed by atoms with Gasteiger partial charge in [0.1, 0.15) is 0 Å². The second kappa shape index (κ2) is 10.1. The van der Waals surface area contributed by atoms with Crippen molar-refractivity contribution in [3.63, 3.8) is 0 Å². The molecular weight excluding hydrogens is 334 g/mol. The summed E-state index contributed by atoms with van der Waals surface area (Å²) in [6.45, 7) is 11.4. The molecule has 0 spiro atoms. The molecule has 3 unspecified atom stereocenters. The molecule has 27 heavy (non-hydrogen) atoms. The molecule has 1 aromatic carbocycles. The lowest BCUT2D eigenvalue weighted by Crippen LogP contribution is -2.46. The number of rotatable bonds is 7. The van der Waals surface area contributed by atoms with Crippen LogP contribution in [-0.4, -0.2) is 67.6 Å². The summed E-state index contributed by atoms with van der Waals surface area (Å²) in [5.74, 6) is 1.70. The van der Waals surface area contributed by atoms with Gasteiger partial charge >= 0.3 is 0 Å². The van der Waals surface area contributed by atoms with Crippen LogP contribution >= 0.6 is 0 Å². The van der Waals surface area contributed by atoms with Crippen LogP contribution in [0.25, 0.3) is 0 Å². The third-order valence-corrected chi connectivity index (χ3v) is 5.96. The van der Waals surface area contributed by atoms with E-state index in [4.69, 9.17) is 0 Å². The van der Waals surface area contributed by atoms with E-state index in [0.29, 0.717) is 12.1 Å². The van der Waals surface area contributed by atoms with Crippen molar-refractivity contribution in [2.24, 2.45) is 10.9 Å². The predicted octanol–water partition coefficient (Wildman–Crippen LogP) is 2.55. The minimum Gasteiger partial charge on any atom is -0.356 e. The molecule has 2 N–H and O–H groups in total. The number of nitrogens with one attached hydrogen (secondary N) is 2. The van der Waals surface area contributed by atoms with Crippen molar-refractivity contribution in [1.29, 1.82) is 0 Å². The molecule has 2 aliphatic rings. The highest BCUT2D eigenvalue weighted by Gasteiger charge is 2.29. The maximum Gasteiger partial charge on any atom is 0.191 e. The zero-order valence-electron chi connectivity index (χ0n) is 17.3. The fraction of sp³-hybridized carbons (Fsp3) is 0.682. The minimum atomic E-state index is 0.468. The van der Waals surface area contributed by atoms with Crippen LogP contribution in [0.3, 0.4) is 0 Å². The average Bonchev–Trinajstić information content (AvgIpc) is 3.26. The minimum absolute atomic E-state index is 0.468. The number of guanidine groups is 1. The Kier molecular flexibility index (Phi) is 7.53. The van der Waals surface area contributed by atoms with Crippen molar-refractivity contribution in [2.45, 2.75) is 51.7 Å². The fourth-order valence-electron chi connectivity index (χ4n) is 4.47. The lowest BCUT2D eigenvalue weighted by atomic mass is 10.1. The first-order chi connectivity index (χ1) is 13.2. The van der Waals surface area contributed by atoms with Crippen LogP contribution in [0.2, 0.25) is 0 Å². The second-order valence-electron chi connectivity index (χ2n) is 8.25. The Morgan fingerprint density at radius 3 is 2.78 bits per heavy atom. The molecule has 0 radical (unpaired) electrons.